The quantitative estimate of drug-likeness (QED) is 0.587. The van der Waals surface area contributed by atoms with Crippen molar-refractivity contribution < 1.29 is 14.3 Å². The molecule has 0 radical (unpaired) electrons. The molecule has 2 rings (SSSR count). The molecule has 0 aromatic carbocycles. The van der Waals surface area contributed by atoms with Crippen LogP contribution in [-0.2, 0) is 16.0 Å². The number of aryl methyl sites for hydroxylation is 1. The molecule has 0 fully saturated rings. The molecular formula is C14H19N3O4S. The Morgan fingerprint density at radius 3 is 2.86 bits per heavy atom. The minimum absolute atomic E-state index is 0.234. The summed E-state index contributed by atoms with van der Waals surface area (Å²) in [5, 5.41) is 3.64. The van der Waals surface area contributed by atoms with Crippen molar-refractivity contribution in [3.63, 3.8) is 0 Å². The van der Waals surface area contributed by atoms with Gasteiger partial charge in [0.25, 0.3) is 5.56 Å². The summed E-state index contributed by atoms with van der Waals surface area (Å²) in [6.07, 6.45) is 0.883. The highest BCUT2D eigenvalue weighted by Crippen LogP contribution is 2.27. The zero-order valence-electron chi connectivity index (χ0n) is 12.8. The summed E-state index contributed by atoms with van der Waals surface area (Å²) in [4.78, 5) is 32.0. The van der Waals surface area contributed by atoms with Crippen LogP contribution < -0.4 is 10.9 Å². The molecule has 2 aromatic rings. The van der Waals surface area contributed by atoms with Crippen molar-refractivity contribution in [3.05, 3.63) is 26.6 Å². The molecule has 0 bridgehead atoms. The van der Waals surface area contributed by atoms with Gasteiger partial charge in [-0.3, -0.25) is 4.79 Å². The lowest BCUT2D eigenvalue weighted by Crippen LogP contribution is -2.21. The fourth-order valence-electron chi connectivity index (χ4n) is 2.11. The predicted molar refractivity (Wildman–Crippen MR) is 84.5 cm³/mol. The highest BCUT2D eigenvalue weighted by molar-refractivity contribution is 7.20. The van der Waals surface area contributed by atoms with Gasteiger partial charge in [-0.25, -0.2) is 9.78 Å². The van der Waals surface area contributed by atoms with Gasteiger partial charge in [0.2, 0.25) is 0 Å². The fourth-order valence-corrected chi connectivity index (χ4v) is 3.23. The van der Waals surface area contributed by atoms with Gasteiger partial charge in [0.15, 0.2) is 0 Å². The Kier molecular flexibility index (Phi) is 5.64. The summed E-state index contributed by atoms with van der Waals surface area (Å²) in [6.45, 7) is 3.64. The molecule has 0 aliphatic heterocycles. The third kappa shape index (κ3) is 3.52. The topological polar surface area (TPSA) is 93.3 Å². The van der Waals surface area contributed by atoms with E-state index in [1.807, 2.05) is 0 Å². The van der Waals surface area contributed by atoms with Gasteiger partial charge in [-0.05, 0) is 25.5 Å². The summed E-state index contributed by atoms with van der Waals surface area (Å²) in [5.41, 5.74) is 0.378. The molecule has 2 N–H and O–H groups in total. The number of nitrogens with zero attached hydrogens (tertiary/aromatic N) is 1. The van der Waals surface area contributed by atoms with E-state index in [1.54, 1.807) is 14.0 Å². The Balaban J connectivity index is 2.22. The van der Waals surface area contributed by atoms with Crippen molar-refractivity contribution in [2.45, 2.75) is 19.9 Å². The molecule has 0 aliphatic carbocycles. The largest absolute Gasteiger partial charge is 0.465 e. The molecule has 2 aromatic heterocycles. The molecule has 7 nitrogen and oxygen atoms in total. The number of esters is 1. The van der Waals surface area contributed by atoms with Crippen LogP contribution in [0.3, 0.4) is 0 Å². The van der Waals surface area contributed by atoms with E-state index >= 15 is 0 Å². The van der Waals surface area contributed by atoms with E-state index in [4.69, 9.17) is 9.47 Å². The standard InChI is InChI=1S/C14H19N3O4S/c1-8-10-12(18)16-9(7-15-5-4-6-20-2)17-13(10)22-11(8)14(19)21-3/h15H,4-7H2,1-3H3,(H,16,17,18). The van der Waals surface area contributed by atoms with Crippen LogP contribution in [0.4, 0.5) is 0 Å². The van der Waals surface area contributed by atoms with Crippen molar-refractivity contribution in [1.29, 1.82) is 0 Å². The summed E-state index contributed by atoms with van der Waals surface area (Å²) in [5.74, 6) is 0.103. The molecule has 0 amide bonds. The van der Waals surface area contributed by atoms with E-state index in [1.165, 1.54) is 18.4 Å². The first kappa shape index (κ1) is 16.6. The van der Waals surface area contributed by atoms with E-state index in [9.17, 15) is 9.59 Å². The van der Waals surface area contributed by atoms with E-state index in [0.29, 0.717) is 39.6 Å². The Bertz CT molecular complexity index is 723. The Morgan fingerprint density at radius 2 is 2.18 bits per heavy atom. The number of H-pyrrole nitrogens is 1. The van der Waals surface area contributed by atoms with Crippen molar-refractivity contribution in [1.82, 2.24) is 15.3 Å². The molecular weight excluding hydrogens is 306 g/mol. The number of fused-ring (bicyclic) bond motifs is 1. The molecule has 8 heteroatoms. The van der Waals surface area contributed by atoms with E-state index in [2.05, 4.69) is 15.3 Å². The van der Waals surface area contributed by atoms with Gasteiger partial charge >= 0.3 is 5.97 Å². The first-order valence-electron chi connectivity index (χ1n) is 6.88. The molecule has 0 atom stereocenters. The van der Waals surface area contributed by atoms with Gasteiger partial charge in [0, 0.05) is 13.7 Å². The van der Waals surface area contributed by atoms with Crippen LogP contribution in [0.1, 0.15) is 27.5 Å². The molecule has 22 heavy (non-hydrogen) atoms. The van der Waals surface area contributed by atoms with Gasteiger partial charge in [-0.15, -0.1) is 11.3 Å². The van der Waals surface area contributed by atoms with Gasteiger partial charge in [0.05, 0.1) is 19.0 Å². The van der Waals surface area contributed by atoms with Crippen LogP contribution in [0.15, 0.2) is 4.79 Å². The van der Waals surface area contributed by atoms with Gasteiger partial charge < -0.3 is 19.8 Å². The predicted octanol–water partition coefficient (Wildman–Crippen LogP) is 1.21. The first-order valence-corrected chi connectivity index (χ1v) is 7.70. The lowest BCUT2D eigenvalue weighted by atomic mass is 10.2. The Morgan fingerprint density at radius 1 is 1.41 bits per heavy atom. The second kappa shape index (κ2) is 7.48. The number of carbonyl (C=O) groups excluding carboxylic acids is 1. The maximum Gasteiger partial charge on any atom is 0.348 e. The minimum atomic E-state index is -0.445. The fraction of sp³-hybridized carbons (Fsp3) is 0.500. The second-order valence-corrected chi connectivity index (χ2v) is 5.76. The van der Waals surface area contributed by atoms with Gasteiger partial charge in [0.1, 0.15) is 15.5 Å². The molecule has 0 spiro atoms. The van der Waals surface area contributed by atoms with E-state index < -0.39 is 5.97 Å². The molecule has 0 aliphatic rings. The molecule has 2 heterocycles. The van der Waals surface area contributed by atoms with E-state index in [-0.39, 0.29) is 5.56 Å². The SMILES string of the molecule is COCCCNCc1nc2sc(C(=O)OC)c(C)c2c(=O)[nH]1. The highest BCUT2D eigenvalue weighted by atomic mass is 32.1. The number of carbonyl (C=O) groups is 1. The van der Waals surface area contributed by atoms with Crippen LogP contribution in [0.2, 0.25) is 0 Å². The van der Waals surface area contributed by atoms with Crippen molar-refractivity contribution in [3.8, 4) is 0 Å². The number of rotatable bonds is 7. The zero-order valence-corrected chi connectivity index (χ0v) is 13.6. The van der Waals surface area contributed by atoms with Crippen LogP contribution in [0.5, 0.6) is 0 Å². The van der Waals surface area contributed by atoms with Crippen LogP contribution in [0.25, 0.3) is 10.2 Å². The summed E-state index contributed by atoms with van der Waals surface area (Å²) in [7, 11) is 2.98. The first-order chi connectivity index (χ1) is 10.6. The summed E-state index contributed by atoms with van der Waals surface area (Å²) >= 11 is 1.18. The van der Waals surface area contributed by atoms with Crippen molar-refractivity contribution >= 4 is 27.5 Å². The number of nitrogens with one attached hydrogen (secondary N) is 2. The average molecular weight is 325 g/mol. The van der Waals surface area contributed by atoms with Gasteiger partial charge in [-0.2, -0.15) is 0 Å². The smallest absolute Gasteiger partial charge is 0.348 e. The number of hydrogen-bond donors (Lipinski definition) is 2. The maximum atomic E-state index is 12.2. The monoisotopic (exact) mass is 325 g/mol. The molecule has 0 saturated carbocycles. The second-order valence-electron chi connectivity index (χ2n) is 4.76. The summed E-state index contributed by atoms with van der Waals surface area (Å²) < 4.78 is 9.69. The Hall–Kier alpha value is -1.77. The van der Waals surface area contributed by atoms with Crippen molar-refractivity contribution in [2.24, 2.45) is 0 Å². The molecule has 0 saturated heterocycles. The lowest BCUT2D eigenvalue weighted by Gasteiger charge is -2.04. The number of hydrogen-bond acceptors (Lipinski definition) is 7. The molecule has 120 valence electrons. The van der Waals surface area contributed by atoms with Crippen LogP contribution in [0, 0.1) is 6.92 Å². The highest BCUT2D eigenvalue weighted by Gasteiger charge is 2.19. The zero-order chi connectivity index (χ0) is 16.1. The van der Waals surface area contributed by atoms with Crippen LogP contribution >= 0.6 is 11.3 Å². The van der Waals surface area contributed by atoms with Crippen LogP contribution in [-0.4, -0.2) is 43.3 Å². The minimum Gasteiger partial charge on any atom is -0.465 e. The van der Waals surface area contributed by atoms with Crippen molar-refractivity contribution in [2.75, 3.05) is 27.4 Å². The number of thiophene rings is 1. The average Bonchev–Trinajstić information content (AvgIpc) is 2.83. The third-order valence-corrected chi connectivity index (χ3v) is 4.38. The normalized spacial score (nSPS) is 11.0. The lowest BCUT2D eigenvalue weighted by molar-refractivity contribution is 0.0605. The molecule has 0 unspecified atom stereocenters. The summed E-state index contributed by atoms with van der Waals surface area (Å²) in [6, 6.07) is 0. The van der Waals surface area contributed by atoms with Gasteiger partial charge in [-0.1, -0.05) is 0 Å². The number of methoxy groups -OCH3 is 2. The third-order valence-electron chi connectivity index (χ3n) is 3.21. The maximum absolute atomic E-state index is 12.2. The number of aromatic nitrogens is 2. The van der Waals surface area contributed by atoms with E-state index in [0.717, 1.165) is 13.0 Å². The number of ether oxygens (including phenoxy) is 2. The Labute approximate surface area is 131 Å². The number of aromatic amines is 1.